The minimum atomic E-state index is -0.164. The zero-order chi connectivity index (χ0) is 16.9. The molecule has 0 aliphatic heterocycles. The maximum absolute atomic E-state index is 12.0. The van der Waals surface area contributed by atoms with Crippen LogP contribution in [0, 0.1) is 0 Å². The summed E-state index contributed by atoms with van der Waals surface area (Å²) in [6.45, 7) is 0. The van der Waals surface area contributed by atoms with E-state index >= 15 is 0 Å². The van der Waals surface area contributed by atoms with Crippen molar-refractivity contribution >= 4 is 57.9 Å². The molecule has 0 fully saturated rings. The third-order valence-corrected chi connectivity index (χ3v) is 5.43. The largest absolute Gasteiger partial charge is 0.325 e. The number of benzene rings is 1. The van der Waals surface area contributed by atoms with Gasteiger partial charge in [-0.2, -0.15) is 0 Å². The number of hydrogen-bond donors (Lipinski definition) is 2. The van der Waals surface area contributed by atoms with Crippen LogP contribution in [0.5, 0.6) is 0 Å². The van der Waals surface area contributed by atoms with Gasteiger partial charge in [-0.15, -0.1) is 16.4 Å². The van der Waals surface area contributed by atoms with Crippen LogP contribution in [0.25, 0.3) is 0 Å². The van der Waals surface area contributed by atoms with Crippen LogP contribution in [0.15, 0.2) is 40.9 Å². The van der Waals surface area contributed by atoms with E-state index in [-0.39, 0.29) is 11.7 Å². The molecular formula is C15H12Cl2N4OS2. The molecule has 0 bridgehead atoms. The molecule has 0 radical (unpaired) electrons. The molecule has 0 saturated heterocycles. The van der Waals surface area contributed by atoms with Gasteiger partial charge in [-0.05, 0) is 29.6 Å². The number of thiophene rings is 1. The summed E-state index contributed by atoms with van der Waals surface area (Å²) >= 11 is 14.7. The van der Waals surface area contributed by atoms with Gasteiger partial charge in [0.2, 0.25) is 11.1 Å². The Kier molecular flexibility index (Phi) is 5.78. The Hall–Kier alpha value is -1.54. The Bertz CT molecular complexity index is 836. The monoisotopic (exact) mass is 398 g/mol. The van der Waals surface area contributed by atoms with E-state index in [9.17, 15) is 4.79 Å². The zero-order valence-corrected chi connectivity index (χ0v) is 15.4. The lowest BCUT2D eigenvalue weighted by Gasteiger charge is -2.05. The highest BCUT2D eigenvalue weighted by Gasteiger charge is 2.09. The van der Waals surface area contributed by atoms with Crippen LogP contribution in [0.2, 0.25) is 10.0 Å². The molecule has 2 aromatic heterocycles. The number of thioether (sulfide) groups is 1. The van der Waals surface area contributed by atoms with Crippen molar-refractivity contribution in [2.45, 2.75) is 11.6 Å². The lowest BCUT2D eigenvalue weighted by Crippen LogP contribution is -2.14. The SMILES string of the molecule is O=C(CSc1n[nH]c(Cc2cccs2)n1)Nc1ccc(Cl)c(Cl)c1. The van der Waals surface area contributed by atoms with Crippen molar-refractivity contribution < 1.29 is 4.79 Å². The predicted octanol–water partition coefficient (Wildman–Crippen LogP) is 4.49. The van der Waals surface area contributed by atoms with Crippen molar-refractivity contribution in [3.05, 3.63) is 56.5 Å². The minimum absolute atomic E-state index is 0.164. The predicted molar refractivity (Wildman–Crippen MR) is 99.3 cm³/mol. The molecule has 2 N–H and O–H groups in total. The molecule has 5 nitrogen and oxygen atoms in total. The number of rotatable bonds is 6. The molecule has 0 saturated carbocycles. The number of nitrogens with zero attached hydrogens (tertiary/aromatic N) is 2. The molecule has 124 valence electrons. The first-order valence-electron chi connectivity index (χ1n) is 6.91. The number of aromatic amines is 1. The van der Waals surface area contributed by atoms with Gasteiger partial charge in [-0.3, -0.25) is 9.89 Å². The Labute approximate surface area is 156 Å². The van der Waals surface area contributed by atoms with Crippen LogP contribution in [0.4, 0.5) is 5.69 Å². The molecule has 3 rings (SSSR count). The van der Waals surface area contributed by atoms with Gasteiger partial charge < -0.3 is 5.32 Å². The van der Waals surface area contributed by atoms with E-state index in [0.717, 1.165) is 5.82 Å². The first-order chi connectivity index (χ1) is 11.6. The van der Waals surface area contributed by atoms with E-state index in [1.807, 2.05) is 17.5 Å². The molecule has 0 atom stereocenters. The van der Waals surface area contributed by atoms with Gasteiger partial charge in [-0.25, -0.2) is 4.98 Å². The molecule has 0 aliphatic carbocycles. The Morgan fingerprint density at radius 2 is 2.17 bits per heavy atom. The fourth-order valence-corrected chi connectivity index (χ4v) is 3.53. The summed E-state index contributed by atoms with van der Waals surface area (Å²) in [7, 11) is 0. The Balaban J connectivity index is 1.51. The molecule has 0 unspecified atom stereocenters. The van der Waals surface area contributed by atoms with Gasteiger partial charge in [0.05, 0.1) is 15.8 Å². The summed E-state index contributed by atoms with van der Waals surface area (Å²) in [6, 6.07) is 8.99. The normalized spacial score (nSPS) is 10.8. The topological polar surface area (TPSA) is 70.7 Å². The number of halogens is 2. The summed E-state index contributed by atoms with van der Waals surface area (Å²) in [5, 5.41) is 13.2. The number of carbonyl (C=O) groups is 1. The number of anilines is 1. The summed E-state index contributed by atoms with van der Waals surface area (Å²) in [4.78, 5) is 17.6. The maximum Gasteiger partial charge on any atom is 0.234 e. The van der Waals surface area contributed by atoms with Crippen molar-refractivity contribution in [2.24, 2.45) is 0 Å². The van der Waals surface area contributed by atoms with Crippen LogP contribution >= 0.6 is 46.3 Å². The molecule has 2 heterocycles. The third kappa shape index (κ3) is 4.73. The molecule has 1 amide bonds. The minimum Gasteiger partial charge on any atom is -0.325 e. The molecule has 24 heavy (non-hydrogen) atoms. The standard InChI is InChI=1S/C15H12Cl2N4OS2/c16-11-4-3-9(6-12(11)17)18-14(22)8-24-15-19-13(20-21-15)7-10-2-1-5-23-10/h1-6H,7-8H2,(H,18,22)(H,19,20,21). The third-order valence-electron chi connectivity index (χ3n) is 2.97. The smallest absolute Gasteiger partial charge is 0.234 e. The first kappa shape index (κ1) is 17.3. The van der Waals surface area contributed by atoms with Crippen molar-refractivity contribution in [2.75, 3.05) is 11.1 Å². The molecule has 9 heteroatoms. The quantitative estimate of drug-likeness (QED) is 0.599. The molecule has 0 spiro atoms. The first-order valence-corrected chi connectivity index (χ1v) is 9.53. The van der Waals surface area contributed by atoms with E-state index in [1.54, 1.807) is 29.5 Å². The average Bonchev–Trinajstić information content (AvgIpc) is 3.21. The van der Waals surface area contributed by atoms with Gasteiger partial charge in [0, 0.05) is 17.0 Å². The van der Waals surface area contributed by atoms with Gasteiger partial charge >= 0.3 is 0 Å². The number of aromatic nitrogens is 3. The molecule has 0 aliphatic rings. The summed E-state index contributed by atoms with van der Waals surface area (Å²) in [5.74, 6) is 0.823. The average molecular weight is 399 g/mol. The van der Waals surface area contributed by atoms with Crippen molar-refractivity contribution in [3.63, 3.8) is 0 Å². The number of amides is 1. The second kappa shape index (κ2) is 8.02. The van der Waals surface area contributed by atoms with Crippen LogP contribution in [0.1, 0.15) is 10.7 Å². The Morgan fingerprint density at radius 3 is 2.92 bits per heavy atom. The lowest BCUT2D eigenvalue weighted by molar-refractivity contribution is -0.113. The summed E-state index contributed by atoms with van der Waals surface area (Å²) in [5.41, 5.74) is 0.600. The summed E-state index contributed by atoms with van der Waals surface area (Å²) < 4.78 is 0. The van der Waals surface area contributed by atoms with E-state index in [4.69, 9.17) is 23.2 Å². The fourth-order valence-electron chi connectivity index (χ4n) is 1.90. The summed E-state index contributed by atoms with van der Waals surface area (Å²) in [6.07, 6.45) is 0.709. The Morgan fingerprint density at radius 1 is 1.29 bits per heavy atom. The maximum atomic E-state index is 12.0. The number of carbonyl (C=O) groups excluding carboxylic acids is 1. The van der Waals surface area contributed by atoms with Crippen LogP contribution < -0.4 is 5.32 Å². The van der Waals surface area contributed by atoms with E-state index in [2.05, 4.69) is 20.5 Å². The van der Waals surface area contributed by atoms with Crippen molar-refractivity contribution in [1.29, 1.82) is 0 Å². The number of H-pyrrole nitrogens is 1. The van der Waals surface area contributed by atoms with Gasteiger partial charge in [0.1, 0.15) is 5.82 Å². The lowest BCUT2D eigenvalue weighted by atomic mass is 10.3. The van der Waals surface area contributed by atoms with Gasteiger partial charge in [0.15, 0.2) is 0 Å². The molecule has 3 aromatic rings. The van der Waals surface area contributed by atoms with Crippen LogP contribution in [-0.4, -0.2) is 26.8 Å². The molecular weight excluding hydrogens is 387 g/mol. The number of hydrogen-bond acceptors (Lipinski definition) is 5. The van der Waals surface area contributed by atoms with Crippen LogP contribution in [-0.2, 0) is 11.2 Å². The highest BCUT2D eigenvalue weighted by molar-refractivity contribution is 7.99. The fraction of sp³-hybridized carbons (Fsp3) is 0.133. The zero-order valence-electron chi connectivity index (χ0n) is 12.3. The molecule has 1 aromatic carbocycles. The van der Waals surface area contributed by atoms with Crippen LogP contribution in [0.3, 0.4) is 0 Å². The number of nitrogens with one attached hydrogen (secondary N) is 2. The van der Waals surface area contributed by atoms with Crippen molar-refractivity contribution in [3.8, 4) is 0 Å². The second-order valence-electron chi connectivity index (χ2n) is 4.79. The van der Waals surface area contributed by atoms with Crippen molar-refractivity contribution in [1.82, 2.24) is 15.2 Å². The highest BCUT2D eigenvalue weighted by atomic mass is 35.5. The van der Waals surface area contributed by atoms with E-state index in [0.29, 0.717) is 27.3 Å². The second-order valence-corrected chi connectivity index (χ2v) is 7.58. The highest BCUT2D eigenvalue weighted by Crippen LogP contribution is 2.25. The van der Waals surface area contributed by atoms with Gasteiger partial charge in [0.25, 0.3) is 0 Å². The van der Waals surface area contributed by atoms with E-state index < -0.39 is 0 Å². The van der Waals surface area contributed by atoms with E-state index in [1.165, 1.54) is 16.6 Å². The van der Waals surface area contributed by atoms with Gasteiger partial charge in [-0.1, -0.05) is 41.0 Å².